The summed E-state index contributed by atoms with van der Waals surface area (Å²) < 4.78 is 1.03. The van der Waals surface area contributed by atoms with E-state index in [0.29, 0.717) is 11.8 Å². The third-order valence-electron chi connectivity index (χ3n) is 2.55. The number of aromatic nitrogens is 2. The van der Waals surface area contributed by atoms with Crippen molar-refractivity contribution in [2.75, 3.05) is 5.32 Å². The Hall–Kier alpha value is -1.49. The molecule has 2 rings (SSSR count). The molecule has 0 unspecified atom stereocenters. The van der Waals surface area contributed by atoms with Crippen LogP contribution in [0, 0.1) is 19.3 Å². The Morgan fingerprint density at radius 1 is 1.29 bits per heavy atom. The van der Waals surface area contributed by atoms with Crippen LogP contribution in [0.5, 0.6) is 0 Å². The Bertz CT molecular complexity index is 607. The third-order valence-corrected chi connectivity index (χ3v) is 3.40. The zero-order chi connectivity index (χ0) is 12.6. The highest BCUT2D eigenvalue weighted by Gasteiger charge is 2.08. The van der Waals surface area contributed by atoms with Gasteiger partial charge in [0.1, 0.15) is 0 Å². The maximum absolute atomic E-state index is 7.41. The van der Waals surface area contributed by atoms with Crippen LogP contribution in [0.4, 0.5) is 5.95 Å². The van der Waals surface area contributed by atoms with Crippen molar-refractivity contribution in [1.82, 2.24) is 9.97 Å². The van der Waals surface area contributed by atoms with E-state index >= 15 is 0 Å². The molecule has 0 aliphatic carbocycles. The van der Waals surface area contributed by atoms with Crippen LogP contribution in [0.2, 0.25) is 0 Å². The molecule has 2 N–H and O–H groups in total. The summed E-state index contributed by atoms with van der Waals surface area (Å²) in [5, 5.41) is 11.3. The molecule has 0 spiro atoms. The Balaban J connectivity index is 2.70. The number of rotatable bonds is 1. The lowest BCUT2D eigenvalue weighted by Gasteiger charge is -2.09. The third kappa shape index (κ3) is 2.29. The predicted molar refractivity (Wildman–Crippen MR) is 73.7 cm³/mol. The van der Waals surface area contributed by atoms with Gasteiger partial charge in [0.15, 0.2) is 0 Å². The number of amidine groups is 1. The summed E-state index contributed by atoms with van der Waals surface area (Å²) in [6.45, 7) is 5.62. The van der Waals surface area contributed by atoms with Gasteiger partial charge in [-0.1, -0.05) is 15.9 Å². The minimum atomic E-state index is 0.330. The van der Waals surface area contributed by atoms with Crippen LogP contribution >= 0.6 is 15.9 Å². The molecular weight excluding hydrogens is 280 g/mol. The molecule has 1 heterocycles. The highest BCUT2D eigenvalue weighted by molar-refractivity contribution is 9.10. The zero-order valence-electron chi connectivity index (χ0n) is 9.93. The van der Waals surface area contributed by atoms with Gasteiger partial charge in [0.25, 0.3) is 0 Å². The smallest absolute Gasteiger partial charge is 0.228 e. The first-order valence-electron chi connectivity index (χ1n) is 5.24. The normalized spacial score (nSPS) is 10.6. The number of fused-ring (bicyclic) bond motifs is 1. The van der Waals surface area contributed by atoms with Crippen molar-refractivity contribution in [3.8, 4) is 0 Å². The molecule has 1 aromatic heterocycles. The zero-order valence-corrected chi connectivity index (χ0v) is 11.5. The number of halogens is 1. The quantitative estimate of drug-likeness (QED) is 0.625. The predicted octanol–water partition coefficient (Wildman–Crippen LogP) is 3.42. The molecule has 0 saturated carbocycles. The summed E-state index contributed by atoms with van der Waals surface area (Å²) in [4.78, 5) is 8.78. The second-order valence-corrected chi connectivity index (χ2v) is 4.81. The molecule has 0 atom stereocenters. The highest BCUT2D eigenvalue weighted by Crippen LogP contribution is 2.26. The molecule has 0 saturated heterocycles. The Morgan fingerprint density at radius 2 is 2.00 bits per heavy atom. The van der Waals surface area contributed by atoms with Crippen molar-refractivity contribution in [3.63, 3.8) is 0 Å². The lowest BCUT2D eigenvalue weighted by Crippen LogP contribution is -2.09. The Labute approximate surface area is 108 Å². The van der Waals surface area contributed by atoms with Gasteiger partial charge < -0.3 is 5.32 Å². The lowest BCUT2D eigenvalue weighted by atomic mass is 10.1. The molecule has 4 nitrogen and oxygen atoms in total. The van der Waals surface area contributed by atoms with E-state index in [1.807, 2.05) is 26.0 Å². The fourth-order valence-electron chi connectivity index (χ4n) is 1.69. The van der Waals surface area contributed by atoms with Crippen LogP contribution in [0.3, 0.4) is 0 Å². The number of nitrogens with zero attached hydrogens (tertiary/aromatic N) is 2. The van der Waals surface area contributed by atoms with Gasteiger partial charge in [-0.05, 0) is 38.5 Å². The van der Waals surface area contributed by atoms with E-state index in [-0.39, 0.29) is 0 Å². The van der Waals surface area contributed by atoms with E-state index in [1.165, 1.54) is 0 Å². The summed E-state index contributed by atoms with van der Waals surface area (Å²) in [7, 11) is 0. The van der Waals surface area contributed by atoms with Crippen LogP contribution in [-0.4, -0.2) is 15.8 Å². The van der Waals surface area contributed by atoms with E-state index in [9.17, 15) is 0 Å². The molecule has 0 fully saturated rings. The summed E-state index contributed by atoms with van der Waals surface area (Å²) in [5.41, 5.74) is 2.91. The van der Waals surface area contributed by atoms with Crippen LogP contribution in [-0.2, 0) is 0 Å². The fourth-order valence-corrected chi connectivity index (χ4v) is 2.01. The van der Waals surface area contributed by atoms with Gasteiger partial charge in [0.05, 0.1) is 17.0 Å². The molecule has 2 aromatic rings. The second-order valence-electron chi connectivity index (χ2n) is 3.95. The van der Waals surface area contributed by atoms with E-state index in [4.69, 9.17) is 5.41 Å². The number of benzene rings is 1. The maximum Gasteiger partial charge on any atom is 0.228 e. The van der Waals surface area contributed by atoms with Crippen LogP contribution in [0.15, 0.2) is 16.6 Å². The Kier molecular flexibility index (Phi) is 3.11. The molecule has 0 radical (unpaired) electrons. The number of anilines is 1. The molecule has 5 heteroatoms. The molecule has 1 aromatic carbocycles. The van der Waals surface area contributed by atoms with Crippen molar-refractivity contribution in [3.05, 3.63) is 27.9 Å². The van der Waals surface area contributed by atoms with Gasteiger partial charge in [0, 0.05) is 9.86 Å². The van der Waals surface area contributed by atoms with Gasteiger partial charge in [-0.25, -0.2) is 9.97 Å². The van der Waals surface area contributed by atoms with E-state index in [1.54, 1.807) is 6.92 Å². The topological polar surface area (TPSA) is 61.7 Å². The average Bonchev–Trinajstić information content (AvgIpc) is 2.23. The first kappa shape index (κ1) is 12.0. The first-order chi connectivity index (χ1) is 7.99. The summed E-state index contributed by atoms with van der Waals surface area (Å²) in [6.07, 6.45) is 0. The lowest BCUT2D eigenvalue weighted by molar-refractivity contribution is 1.15. The molecule has 0 amide bonds. The van der Waals surface area contributed by atoms with Gasteiger partial charge in [-0.15, -0.1) is 0 Å². The average molecular weight is 293 g/mol. The molecule has 88 valence electrons. The monoisotopic (exact) mass is 292 g/mol. The van der Waals surface area contributed by atoms with Crippen LogP contribution in [0.25, 0.3) is 10.9 Å². The number of aryl methyl sites for hydroxylation is 2. The highest BCUT2D eigenvalue weighted by atomic mass is 79.9. The summed E-state index contributed by atoms with van der Waals surface area (Å²) in [5.74, 6) is 0.806. The molecule has 0 aliphatic rings. The van der Waals surface area contributed by atoms with E-state index < -0.39 is 0 Å². The van der Waals surface area contributed by atoms with E-state index in [0.717, 1.165) is 26.6 Å². The van der Waals surface area contributed by atoms with Gasteiger partial charge in [-0.2, -0.15) is 0 Å². The number of nitrogens with one attached hydrogen (secondary N) is 2. The van der Waals surface area contributed by atoms with Gasteiger partial charge in [-0.3, -0.25) is 5.41 Å². The largest absolute Gasteiger partial charge is 0.313 e. The van der Waals surface area contributed by atoms with Crippen molar-refractivity contribution in [2.24, 2.45) is 0 Å². The SMILES string of the molecule is CC(=N)Nc1nc(C)c2ccc(Br)c(C)c2n1. The Morgan fingerprint density at radius 3 is 2.65 bits per heavy atom. The van der Waals surface area contributed by atoms with Crippen LogP contribution in [0.1, 0.15) is 18.2 Å². The molecule has 0 bridgehead atoms. The van der Waals surface area contributed by atoms with Crippen LogP contribution < -0.4 is 5.32 Å². The summed E-state index contributed by atoms with van der Waals surface area (Å²) >= 11 is 3.49. The molecule has 17 heavy (non-hydrogen) atoms. The number of hydrogen-bond donors (Lipinski definition) is 2. The fraction of sp³-hybridized carbons (Fsp3) is 0.250. The van der Waals surface area contributed by atoms with Crippen molar-refractivity contribution < 1.29 is 0 Å². The number of hydrogen-bond acceptors (Lipinski definition) is 3. The minimum Gasteiger partial charge on any atom is -0.313 e. The van der Waals surface area contributed by atoms with Crippen molar-refractivity contribution >= 4 is 38.6 Å². The maximum atomic E-state index is 7.41. The van der Waals surface area contributed by atoms with Crippen molar-refractivity contribution in [2.45, 2.75) is 20.8 Å². The standard InChI is InChI=1S/C12H13BrN4/c1-6-10(13)5-4-9-7(2)15-12(16-8(3)14)17-11(6)9/h4-5H,1-3H3,(H2,14,15,16,17). The van der Waals surface area contributed by atoms with Crippen molar-refractivity contribution in [1.29, 1.82) is 5.41 Å². The minimum absolute atomic E-state index is 0.330. The van der Waals surface area contributed by atoms with E-state index in [2.05, 4.69) is 31.2 Å². The summed E-state index contributed by atoms with van der Waals surface area (Å²) in [6, 6.07) is 4.01. The van der Waals surface area contributed by atoms with Gasteiger partial charge >= 0.3 is 0 Å². The first-order valence-corrected chi connectivity index (χ1v) is 6.04. The second kappa shape index (κ2) is 4.41. The molecular formula is C12H13BrN4. The molecule has 0 aliphatic heterocycles. The van der Waals surface area contributed by atoms with Gasteiger partial charge in [0.2, 0.25) is 5.95 Å².